The maximum Gasteiger partial charge on any atom is 0.244 e. The molecular weight excluding hydrogens is 306 g/mol. The molecule has 1 aromatic rings. The highest BCUT2D eigenvalue weighted by molar-refractivity contribution is 7.89. The van der Waals surface area contributed by atoms with Gasteiger partial charge < -0.3 is 10.2 Å². The third-order valence-electron chi connectivity index (χ3n) is 4.07. The molecule has 1 fully saturated rings. The summed E-state index contributed by atoms with van der Waals surface area (Å²) >= 11 is 1.51. The van der Waals surface area contributed by atoms with Gasteiger partial charge in [0.15, 0.2) is 0 Å². The average Bonchev–Trinajstić information content (AvgIpc) is 2.94. The summed E-state index contributed by atoms with van der Waals surface area (Å²) < 4.78 is 27.4. The largest absolute Gasteiger partial charge is 0.312 e. The van der Waals surface area contributed by atoms with Crippen molar-refractivity contribution in [2.24, 2.45) is 0 Å². The van der Waals surface area contributed by atoms with Crippen LogP contribution in [0.3, 0.4) is 0 Å². The molecule has 0 bridgehead atoms. The highest BCUT2D eigenvalue weighted by Crippen LogP contribution is 2.27. The van der Waals surface area contributed by atoms with E-state index in [1.165, 1.54) is 11.3 Å². The van der Waals surface area contributed by atoms with Gasteiger partial charge in [-0.1, -0.05) is 13.8 Å². The van der Waals surface area contributed by atoms with Crippen LogP contribution in [-0.4, -0.2) is 56.9 Å². The van der Waals surface area contributed by atoms with Gasteiger partial charge in [-0.3, -0.25) is 0 Å². The molecule has 2 heterocycles. The van der Waals surface area contributed by atoms with E-state index in [0.717, 1.165) is 24.4 Å². The summed E-state index contributed by atoms with van der Waals surface area (Å²) in [4.78, 5) is 3.64. The monoisotopic (exact) mass is 331 g/mol. The first kappa shape index (κ1) is 16.9. The van der Waals surface area contributed by atoms with Gasteiger partial charge in [0, 0.05) is 37.1 Å². The van der Waals surface area contributed by atoms with E-state index >= 15 is 0 Å². The number of sulfonamides is 1. The molecule has 0 amide bonds. The maximum absolute atomic E-state index is 12.9. The summed E-state index contributed by atoms with van der Waals surface area (Å²) in [6, 6.07) is 2.05. The number of piperazine rings is 1. The summed E-state index contributed by atoms with van der Waals surface area (Å²) in [5, 5.41) is 5.08. The molecule has 7 heteroatoms. The molecule has 5 nitrogen and oxygen atoms in total. The van der Waals surface area contributed by atoms with Crippen molar-refractivity contribution in [3.05, 3.63) is 16.3 Å². The third-order valence-corrected chi connectivity index (χ3v) is 7.07. The molecule has 1 N–H and O–H groups in total. The Kier molecular flexibility index (Phi) is 5.79. The van der Waals surface area contributed by atoms with Crippen molar-refractivity contribution in [1.29, 1.82) is 0 Å². The van der Waals surface area contributed by atoms with E-state index in [1.54, 1.807) is 10.4 Å². The summed E-state index contributed by atoms with van der Waals surface area (Å²) in [5.41, 5.74) is 0. The van der Waals surface area contributed by atoms with Crippen LogP contribution in [0.1, 0.15) is 25.1 Å². The van der Waals surface area contributed by atoms with E-state index in [1.807, 2.05) is 12.3 Å². The van der Waals surface area contributed by atoms with Gasteiger partial charge in [-0.15, -0.1) is 11.3 Å². The Labute approximate surface area is 132 Å². The molecule has 1 saturated heterocycles. The first-order valence-corrected chi connectivity index (χ1v) is 9.80. The van der Waals surface area contributed by atoms with Crippen molar-refractivity contribution in [2.45, 2.75) is 37.8 Å². The number of hydrogen-bond acceptors (Lipinski definition) is 5. The smallest absolute Gasteiger partial charge is 0.244 e. The predicted molar refractivity (Wildman–Crippen MR) is 87.2 cm³/mol. The number of rotatable bonds is 6. The molecule has 2 rings (SSSR count). The molecule has 0 aliphatic carbocycles. The highest BCUT2D eigenvalue weighted by Gasteiger charge is 2.33. The van der Waals surface area contributed by atoms with Crippen LogP contribution in [0.25, 0.3) is 0 Å². The maximum atomic E-state index is 12.9. The van der Waals surface area contributed by atoms with Crippen LogP contribution in [0.15, 0.2) is 16.3 Å². The molecule has 1 atom stereocenters. The molecule has 1 aliphatic heterocycles. The van der Waals surface area contributed by atoms with Crippen LogP contribution in [0.5, 0.6) is 0 Å². The molecular formula is C14H25N3O2S2. The fourth-order valence-corrected chi connectivity index (χ4v) is 5.49. The normalized spacial score (nSPS) is 21.8. The molecule has 0 radical (unpaired) electrons. The lowest BCUT2D eigenvalue weighted by Crippen LogP contribution is -2.52. The van der Waals surface area contributed by atoms with Crippen molar-refractivity contribution in [3.8, 4) is 0 Å². The van der Waals surface area contributed by atoms with Gasteiger partial charge in [0.1, 0.15) is 0 Å². The SMILES string of the molecule is CCNCc1sccc1S(=O)(=O)N1CCN(C)C(CC)C1. The topological polar surface area (TPSA) is 52.7 Å². The average molecular weight is 332 g/mol. The van der Waals surface area contributed by atoms with E-state index in [4.69, 9.17) is 0 Å². The van der Waals surface area contributed by atoms with E-state index in [2.05, 4.69) is 24.2 Å². The minimum absolute atomic E-state index is 0.310. The van der Waals surface area contributed by atoms with Gasteiger partial charge in [-0.05, 0) is 31.5 Å². The molecule has 0 aromatic carbocycles. The Bertz CT molecular complexity index is 556. The van der Waals surface area contributed by atoms with Crippen LogP contribution in [-0.2, 0) is 16.6 Å². The molecule has 120 valence electrons. The Balaban J connectivity index is 2.20. The lowest BCUT2D eigenvalue weighted by atomic mass is 10.1. The van der Waals surface area contributed by atoms with Crippen LogP contribution in [0.2, 0.25) is 0 Å². The lowest BCUT2D eigenvalue weighted by Gasteiger charge is -2.38. The van der Waals surface area contributed by atoms with Crippen molar-refractivity contribution < 1.29 is 8.42 Å². The fraction of sp³-hybridized carbons (Fsp3) is 0.714. The van der Waals surface area contributed by atoms with Gasteiger partial charge in [0.25, 0.3) is 0 Å². The predicted octanol–water partition coefficient (Wildman–Crippen LogP) is 1.57. The summed E-state index contributed by atoms with van der Waals surface area (Å²) in [6.07, 6.45) is 0.969. The van der Waals surface area contributed by atoms with Crippen LogP contribution >= 0.6 is 11.3 Å². The lowest BCUT2D eigenvalue weighted by molar-refractivity contribution is 0.144. The molecule has 0 saturated carbocycles. The van der Waals surface area contributed by atoms with Crippen molar-refractivity contribution >= 4 is 21.4 Å². The van der Waals surface area contributed by atoms with Crippen LogP contribution in [0, 0.1) is 0 Å². The van der Waals surface area contributed by atoms with Crippen molar-refractivity contribution in [3.63, 3.8) is 0 Å². The second-order valence-electron chi connectivity index (χ2n) is 5.39. The zero-order valence-electron chi connectivity index (χ0n) is 13.0. The van der Waals surface area contributed by atoms with Crippen LogP contribution in [0.4, 0.5) is 0 Å². The Morgan fingerprint density at radius 3 is 2.81 bits per heavy atom. The van der Waals surface area contributed by atoms with E-state index in [-0.39, 0.29) is 0 Å². The second-order valence-corrected chi connectivity index (χ2v) is 8.30. The highest BCUT2D eigenvalue weighted by atomic mass is 32.2. The summed E-state index contributed by atoms with van der Waals surface area (Å²) in [6.45, 7) is 7.55. The number of thiophene rings is 1. The van der Waals surface area contributed by atoms with Gasteiger partial charge in [-0.2, -0.15) is 4.31 Å². The van der Waals surface area contributed by atoms with E-state index < -0.39 is 10.0 Å². The van der Waals surface area contributed by atoms with Gasteiger partial charge in [0.2, 0.25) is 10.0 Å². The quantitative estimate of drug-likeness (QED) is 0.860. The van der Waals surface area contributed by atoms with E-state index in [0.29, 0.717) is 30.6 Å². The minimum Gasteiger partial charge on any atom is -0.312 e. The molecule has 21 heavy (non-hydrogen) atoms. The van der Waals surface area contributed by atoms with Crippen LogP contribution < -0.4 is 5.32 Å². The first-order valence-electron chi connectivity index (χ1n) is 7.48. The zero-order chi connectivity index (χ0) is 15.5. The van der Waals surface area contributed by atoms with E-state index in [9.17, 15) is 8.42 Å². The fourth-order valence-electron chi connectivity index (χ4n) is 2.64. The van der Waals surface area contributed by atoms with Crippen molar-refractivity contribution in [2.75, 3.05) is 33.2 Å². The van der Waals surface area contributed by atoms with Gasteiger partial charge in [-0.25, -0.2) is 8.42 Å². The number of hydrogen-bond donors (Lipinski definition) is 1. The Morgan fingerprint density at radius 1 is 1.38 bits per heavy atom. The van der Waals surface area contributed by atoms with Gasteiger partial charge in [0.05, 0.1) is 4.90 Å². The summed E-state index contributed by atoms with van der Waals surface area (Å²) in [5.74, 6) is 0. The Hall–Kier alpha value is -0.470. The van der Waals surface area contributed by atoms with Crippen molar-refractivity contribution in [1.82, 2.24) is 14.5 Å². The molecule has 1 aromatic heterocycles. The first-order chi connectivity index (χ1) is 10.0. The minimum atomic E-state index is -3.37. The Morgan fingerprint density at radius 2 is 2.14 bits per heavy atom. The standard InChI is InChI=1S/C14H25N3O2S2/c1-4-12-11-17(8-7-16(12)3)21(18,19)14-6-9-20-13(14)10-15-5-2/h6,9,12,15H,4-5,7-8,10-11H2,1-3H3. The number of nitrogens with one attached hydrogen (secondary N) is 1. The zero-order valence-corrected chi connectivity index (χ0v) is 14.6. The van der Waals surface area contributed by atoms with Gasteiger partial charge >= 0.3 is 0 Å². The molecule has 0 spiro atoms. The molecule has 1 unspecified atom stereocenters. The third kappa shape index (κ3) is 3.65. The summed E-state index contributed by atoms with van der Waals surface area (Å²) in [7, 11) is -1.30. The number of nitrogens with zero attached hydrogens (tertiary/aromatic N) is 2. The molecule has 1 aliphatic rings. The number of likely N-dealkylation sites (N-methyl/N-ethyl adjacent to an activating group) is 1. The second kappa shape index (κ2) is 7.19.